The molecule has 6 nitrogen and oxygen atoms in total. The molecule has 0 bridgehead atoms. The number of rotatable bonds is 6. The van der Waals surface area contributed by atoms with Crippen molar-refractivity contribution in [3.63, 3.8) is 0 Å². The zero-order valence-corrected chi connectivity index (χ0v) is 14.1. The quantitative estimate of drug-likeness (QED) is 0.469. The van der Waals surface area contributed by atoms with E-state index in [1.54, 1.807) is 0 Å². The molecule has 2 N–H and O–H groups in total. The highest BCUT2D eigenvalue weighted by Crippen LogP contribution is 2.24. The molecular weight excluding hydrogens is 369 g/mol. The highest BCUT2D eigenvalue weighted by atomic mass is 35.5. The molecule has 1 heterocycles. The third-order valence-electron chi connectivity index (χ3n) is 2.33. The minimum atomic E-state index is -0.544. The third-order valence-corrected chi connectivity index (χ3v) is 4.74. The second kappa shape index (κ2) is 7.77. The van der Waals surface area contributed by atoms with E-state index in [2.05, 4.69) is 10.2 Å². The number of ether oxygens (including phenoxy) is 1. The average molecular weight is 378 g/mol. The summed E-state index contributed by atoms with van der Waals surface area (Å²) in [4.78, 5) is 23.5. The number of aromatic nitrogens is 2. The monoisotopic (exact) mass is 377 g/mol. The van der Waals surface area contributed by atoms with Crippen LogP contribution in [0.4, 0.5) is 5.13 Å². The highest BCUT2D eigenvalue weighted by Gasteiger charge is 2.14. The van der Waals surface area contributed by atoms with Crippen molar-refractivity contribution < 1.29 is 14.3 Å². The Morgan fingerprint density at radius 2 is 2.09 bits per heavy atom. The number of nitrogens with two attached hydrogens (primary N) is 1. The number of Topliss-reactive ketones (excluding diaryl/α,β-unsaturated/α-hetero) is 1. The van der Waals surface area contributed by atoms with Gasteiger partial charge in [0.2, 0.25) is 10.9 Å². The molecule has 0 fully saturated rings. The van der Waals surface area contributed by atoms with E-state index in [0.717, 1.165) is 11.8 Å². The Hall–Kier alpha value is -1.35. The summed E-state index contributed by atoms with van der Waals surface area (Å²) in [5.41, 5.74) is 5.67. The third kappa shape index (κ3) is 4.84. The van der Waals surface area contributed by atoms with Crippen LogP contribution in [0.2, 0.25) is 10.0 Å². The molecule has 0 aliphatic carbocycles. The minimum Gasteiger partial charge on any atom is -0.457 e. The number of halogens is 2. The van der Waals surface area contributed by atoms with E-state index in [4.69, 9.17) is 33.7 Å². The number of carbonyl (C=O) groups excluding carboxylic acids is 2. The molecule has 0 unspecified atom stereocenters. The summed E-state index contributed by atoms with van der Waals surface area (Å²) in [5, 5.41) is 8.33. The minimum absolute atomic E-state index is 0.0102. The summed E-state index contributed by atoms with van der Waals surface area (Å²) in [5.74, 6) is -0.937. The Kier molecular flexibility index (Phi) is 6.01. The molecule has 0 spiro atoms. The molecule has 2 rings (SSSR count). The summed E-state index contributed by atoms with van der Waals surface area (Å²) in [6, 6.07) is 4.48. The maximum Gasteiger partial charge on any atom is 0.316 e. The predicted molar refractivity (Wildman–Crippen MR) is 86.8 cm³/mol. The van der Waals surface area contributed by atoms with Crippen molar-refractivity contribution in [1.82, 2.24) is 10.2 Å². The van der Waals surface area contributed by atoms with Crippen LogP contribution in [0.25, 0.3) is 0 Å². The number of ketones is 1. The Morgan fingerprint density at radius 1 is 1.32 bits per heavy atom. The number of esters is 1. The van der Waals surface area contributed by atoms with Crippen LogP contribution < -0.4 is 5.73 Å². The molecule has 0 radical (unpaired) electrons. The molecule has 22 heavy (non-hydrogen) atoms. The van der Waals surface area contributed by atoms with Crippen LogP contribution in [-0.2, 0) is 9.53 Å². The molecule has 116 valence electrons. The van der Waals surface area contributed by atoms with Gasteiger partial charge in [0.15, 0.2) is 10.9 Å². The van der Waals surface area contributed by atoms with Crippen LogP contribution in [-0.4, -0.2) is 34.3 Å². The number of nitrogens with zero attached hydrogens (tertiary/aromatic N) is 2. The van der Waals surface area contributed by atoms with Gasteiger partial charge < -0.3 is 10.5 Å². The summed E-state index contributed by atoms with van der Waals surface area (Å²) in [6.07, 6.45) is 0. The van der Waals surface area contributed by atoms with Crippen molar-refractivity contribution in [3.05, 3.63) is 33.8 Å². The first kappa shape index (κ1) is 17.0. The van der Waals surface area contributed by atoms with Crippen molar-refractivity contribution >= 4 is 63.2 Å². The Morgan fingerprint density at radius 3 is 2.73 bits per heavy atom. The molecule has 1 aromatic carbocycles. The van der Waals surface area contributed by atoms with Crippen molar-refractivity contribution in [3.8, 4) is 0 Å². The van der Waals surface area contributed by atoms with E-state index in [0.29, 0.717) is 14.5 Å². The molecule has 2 aromatic rings. The number of carbonyl (C=O) groups is 2. The van der Waals surface area contributed by atoms with E-state index in [9.17, 15) is 9.59 Å². The first-order valence-corrected chi connectivity index (χ1v) is 8.37. The SMILES string of the molecule is Nc1nnc(SCC(=O)OCC(=O)c2ccc(Cl)cc2Cl)s1. The lowest BCUT2D eigenvalue weighted by Gasteiger charge is -2.05. The molecule has 1 aromatic heterocycles. The van der Waals surface area contributed by atoms with Crippen molar-refractivity contribution in [1.29, 1.82) is 0 Å². The first-order chi connectivity index (χ1) is 10.5. The molecule has 0 aliphatic heterocycles. The molecule has 10 heteroatoms. The van der Waals surface area contributed by atoms with Gasteiger partial charge in [-0.25, -0.2) is 0 Å². The smallest absolute Gasteiger partial charge is 0.316 e. The summed E-state index contributed by atoms with van der Waals surface area (Å²) >= 11 is 14.0. The normalized spacial score (nSPS) is 10.5. The summed E-state index contributed by atoms with van der Waals surface area (Å²) in [7, 11) is 0. The molecule has 0 saturated carbocycles. The first-order valence-electron chi connectivity index (χ1n) is 5.81. The fraction of sp³-hybridized carbons (Fsp3) is 0.167. The van der Waals surface area contributed by atoms with E-state index < -0.39 is 11.8 Å². The summed E-state index contributed by atoms with van der Waals surface area (Å²) < 4.78 is 5.45. The molecule has 0 saturated heterocycles. The van der Waals surface area contributed by atoms with Crippen molar-refractivity contribution in [2.75, 3.05) is 18.1 Å². The van der Waals surface area contributed by atoms with Crippen LogP contribution in [0.5, 0.6) is 0 Å². The van der Waals surface area contributed by atoms with Crippen molar-refractivity contribution in [2.24, 2.45) is 0 Å². The van der Waals surface area contributed by atoms with E-state index in [1.165, 1.54) is 29.5 Å². The topological polar surface area (TPSA) is 95.2 Å². The molecule has 0 atom stereocenters. The summed E-state index contributed by atoms with van der Waals surface area (Å²) in [6.45, 7) is -0.390. The Balaban J connectivity index is 1.81. The second-order valence-electron chi connectivity index (χ2n) is 3.90. The van der Waals surface area contributed by atoms with Crippen LogP contribution >= 0.6 is 46.3 Å². The van der Waals surface area contributed by atoms with Gasteiger partial charge in [-0.2, -0.15) is 0 Å². The maximum atomic E-state index is 11.9. The average Bonchev–Trinajstić information content (AvgIpc) is 2.88. The zero-order valence-electron chi connectivity index (χ0n) is 10.9. The Labute approximate surface area is 144 Å². The van der Waals surface area contributed by atoms with Crippen molar-refractivity contribution in [2.45, 2.75) is 4.34 Å². The van der Waals surface area contributed by atoms with Gasteiger partial charge in [-0.1, -0.05) is 46.3 Å². The van der Waals surface area contributed by atoms with Gasteiger partial charge in [-0.05, 0) is 18.2 Å². The number of thioether (sulfide) groups is 1. The van der Waals surface area contributed by atoms with Gasteiger partial charge in [0.05, 0.1) is 10.8 Å². The van der Waals surface area contributed by atoms with Crippen LogP contribution in [0, 0.1) is 0 Å². The highest BCUT2D eigenvalue weighted by molar-refractivity contribution is 8.01. The number of hydrogen-bond acceptors (Lipinski definition) is 8. The standard InChI is InChI=1S/C12H9Cl2N3O3S2/c13-6-1-2-7(8(14)3-6)9(18)4-20-10(19)5-21-12-17-16-11(15)22-12/h1-3H,4-5H2,(H2,15,16). The molecule has 0 amide bonds. The van der Waals surface area contributed by atoms with Gasteiger partial charge >= 0.3 is 5.97 Å². The lowest BCUT2D eigenvalue weighted by atomic mass is 10.1. The van der Waals surface area contributed by atoms with Crippen LogP contribution in [0.15, 0.2) is 22.5 Å². The van der Waals surface area contributed by atoms with E-state index in [-0.39, 0.29) is 22.9 Å². The lowest BCUT2D eigenvalue weighted by molar-refractivity contribution is -0.139. The van der Waals surface area contributed by atoms with E-state index in [1.807, 2.05) is 0 Å². The largest absolute Gasteiger partial charge is 0.457 e. The maximum absolute atomic E-state index is 11.9. The zero-order chi connectivity index (χ0) is 16.1. The molecular formula is C12H9Cl2N3O3S2. The van der Waals surface area contributed by atoms with Crippen LogP contribution in [0.1, 0.15) is 10.4 Å². The Bertz CT molecular complexity index is 709. The molecule has 0 aliphatic rings. The van der Waals surface area contributed by atoms with E-state index >= 15 is 0 Å². The number of benzene rings is 1. The van der Waals surface area contributed by atoms with Gasteiger partial charge in [0.25, 0.3) is 0 Å². The lowest BCUT2D eigenvalue weighted by Crippen LogP contribution is -2.15. The van der Waals surface area contributed by atoms with Gasteiger partial charge in [-0.3, -0.25) is 9.59 Å². The number of hydrogen-bond donors (Lipinski definition) is 1. The fourth-order valence-corrected chi connectivity index (χ4v) is 3.33. The number of nitrogen functional groups attached to an aromatic ring is 1. The van der Waals surface area contributed by atoms with Crippen LogP contribution in [0.3, 0.4) is 0 Å². The van der Waals surface area contributed by atoms with Gasteiger partial charge in [0, 0.05) is 10.6 Å². The fourth-order valence-electron chi connectivity index (χ4n) is 1.38. The van der Waals surface area contributed by atoms with Gasteiger partial charge in [-0.15, -0.1) is 10.2 Å². The number of anilines is 1. The second-order valence-corrected chi connectivity index (χ2v) is 6.98. The predicted octanol–water partition coefficient (Wildman–Crippen LogP) is 2.95. The van der Waals surface area contributed by atoms with Gasteiger partial charge in [0.1, 0.15) is 0 Å².